The van der Waals surface area contributed by atoms with Crippen LogP contribution in [-0.4, -0.2) is 67.4 Å². The van der Waals surface area contributed by atoms with E-state index in [1.54, 1.807) is 23.4 Å². The monoisotopic (exact) mass is 591 g/mol. The zero-order chi connectivity index (χ0) is 30.4. The number of anilines is 2. The number of nitriles is 1. The molecule has 2 saturated heterocycles. The minimum atomic E-state index is -3.13. The van der Waals surface area contributed by atoms with Crippen molar-refractivity contribution >= 4 is 38.7 Å². The van der Waals surface area contributed by atoms with E-state index in [9.17, 15) is 18.1 Å². The number of piperidine rings is 1. The van der Waals surface area contributed by atoms with Gasteiger partial charge in [-0.05, 0) is 75.9 Å². The van der Waals surface area contributed by atoms with E-state index >= 15 is 0 Å². The summed E-state index contributed by atoms with van der Waals surface area (Å²) in [5.74, 6) is 1.23. The second-order valence-corrected chi connectivity index (χ2v) is 13.6. The van der Waals surface area contributed by atoms with Gasteiger partial charge in [0.2, 0.25) is 10.0 Å². The Morgan fingerprint density at radius 3 is 2.40 bits per heavy atom. The van der Waals surface area contributed by atoms with Gasteiger partial charge in [-0.15, -0.1) is 0 Å². The van der Waals surface area contributed by atoms with Crippen LogP contribution in [0.25, 0.3) is 11.3 Å². The van der Waals surface area contributed by atoms with E-state index in [0.29, 0.717) is 35.8 Å². The number of aromatic nitrogens is 2. The number of benzene rings is 1. The summed E-state index contributed by atoms with van der Waals surface area (Å²) in [6.45, 7) is 10.7. The molecule has 0 radical (unpaired) electrons. The van der Waals surface area contributed by atoms with Crippen LogP contribution < -0.4 is 9.80 Å². The number of halogens is 1. The summed E-state index contributed by atoms with van der Waals surface area (Å²) < 4.78 is 41.1. The lowest BCUT2D eigenvalue weighted by Gasteiger charge is -2.53. The van der Waals surface area contributed by atoms with Crippen molar-refractivity contribution in [2.45, 2.75) is 47.0 Å². The Labute approximate surface area is 247 Å². The molecule has 3 aromatic rings. The van der Waals surface area contributed by atoms with E-state index in [1.807, 2.05) is 18.9 Å². The molecule has 0 amide bonds. The van der Waals surface area contributed by atoms with Crippen molar-refractivity contribution in [3.05, 3.63) is 64.7 Å². The molecule has 5 rings (SSSR count). The molecule has 4 heterocycles. The summed E-state index contributed by atoms with van der Waals surface area (Å²) in [5, 5.41) is 9.65. The third-order valence-corrected chi connectivity index (χ3v) is 9.86. The number of rotatable bonds is 6. The van der Waals surface area contributed by atoms with Crippen LogP contribution in [-0.2, 0) is 16.4 Å². The predicted octanol–water partition coefficient (Wildman–Crippen LogP) is 5.02. The summed E-state index contributed by atoms with van der Waals surface area (Å²) in [6, 6.07) is 10.4. The summed E-state index contributed by atoms with van der Waals surface area (Å²) in [7, 11) is -1.18. The van der Waals surface area contributed by atoms with Gasteiger partial charge in [0.1, 0.15) is 23.1 Å². The number of sulfonamides is 1. The SMILES string of the molecule is CCc1nc2c(C)cc(N3CCC4(CC3)CN(S(C)(=O)=O)C4)cn2c1N(C)C(C)=N/C(=C(\C)C#N)c1ccc(F)cc1. The number of aryl methyl sites for hydroxylation is 2. The lowest BCUT2D eigenvalue weighted by molar-refractivity contribution is 0.0443. The molecule has 2 fully saturated rings. The average molecular weight is 592 g/mol. The van der Waals surface area contributed by atoms with Crippen molar-refractivity contribution in [1.29, 1.82) is 5.26 Å². The van der Waals surface area contributed by atoms with Crippen molar-refractivity contribution in [1.82, 2.24) is 13.7 Å². The molecule has 0 unspecified atom stereocenters. The first-order valence-electron chi connectivity index (χ1n) is 14.2. The second kappa shape index (κ2) is 11.2. The Morgan fingerprint density at radius 2 is 1.83 bits per heavy atom. The van der Waals surface area contributed by atoms with E-state index < -0.39 is 10.0 Å². The first kappa shape index (κ1) is 29.7. The van der Waals surface area contributed by atoms with Gasteiger partial charge in [0.15, 0.2) is 0 Å². The molecule has 42 heavy (non-hydrogen) atoms. The molecular weight excluding hydrogens is 553 g/mol. The molecule has 2 aromatic heterocycles. The van der Waals surface area contributed by atoms with E-state index in [4.69, 9.17) is 9.98 Å². The Morgan fingerprint density at radius 1 is 1.19 bits per heavy atom. The van der Waals surface area contributed by atoms with Gasteiger partial charge >= 0.3 is 0 Å². The molecule has 0 N–H and O–H groups in total. The van der Waals surface area contributed by atoms with Crippen LogP contribution in [0.5, 0.6) is 0 Å². The first-order chi connectivity index (χ1) is 19.9. The van der Waals surface area contributed by atoms with E-state index in [0.717, 1.165) is 60.8 Å². The van der Waals surface area contributed by atoms with Crippen LogP contribution in [0.1, 0.15) is 50.4 Å². The van der Waals surface area contributed by atoms with E-state index in [2.05, 4.69) is 41.5 Å². The number of hydrogen-bond acceptors (Lipinski definition) is 6. The largest absolute Gasteiger partial charge is 0.370 e. The highest BCUT2D eigenvalue weighted by Crippen LogP contribution is 2.42. The molecule has 0 bridgehead atoms. The van der Waals surface area contributed by atoms with Crippen LogP contribution in [0.3, 0.4) is 0 Å². The molecule has 0 atom stereocenters. The zero-order valence-electron chi connectivity index (χ0n) is 25.1. The molecule has 222 valence electrons. The number of pyridine rings is 1. The standard InChI is InChI=1S/C31H38FN7O2S/c1-7-27-30(36(5)23(4)34-28(22(3)17-33)24-8-10-25(32)11-9-24)39-18-26(16-21(2)29(39)35-27)37-14-12-31(13-15-37)19-38(20-31)42(6,40)41/h8-11,16,18H,7,12-15,19-20H2,1-6H3/b28-22+,34-23?. The lowest BCUT2D eigenvalue weighted by Crippen LogP contribution is -2.61. The fourth-order valence-corrected chi connectivity index (χ4v) is 7.02. The third kappa shape index (κ3) is 5.53. The van der Waals surface area contributed by atoms with Crippen molar-refractivity contribution in [2.75, 3.05) is 49.3 Å². The minimum Gasteiger partial charge on any atom is -0.370 e. The number of amidine groups is 1. The molecule has 2 aliphatic rings. The molecular formula is C31H38FN7O2S. The average Bonchev–Trinajstić information content (AvgIpc) is 3.33. The maximum absolute atomic E-state index is 13.6. The molecule has 11 heteroatoms. The maximum atomic E-state index is 13.6. The van der Waals surface area contributed by atoms with Crippen LogP contribution in [0.2, 0.25) is 0 Å². The summed E-state index contributed by atoms with van der Waals surface area (Å²) >= 11 is 0. The van der Waals surface area contributed by atoms with Gasteiger partial charge in [-0.2, -0.15) is 5.26 Å². The number of aliphatic imine (C=N–C) groups is 1. The van der Waals surface area contributed by atoms with Gasteiger partial charge < -0.3 is 9.80 Å². The number of imidazole rings is 1. The van der Waals surface area contributed by atoms with Gasteiger partial charge in [0.05, 0.1) is 35.0 Å². The second-order valence-electron chi connectivity index (χ2n) is 11.6. The normalized spacial score (nSPS) is 18.1. The molecule has 0 aliphatic carbocycles. The highest BCUT2D eigenvalue weighted by Gasteiger charge is 2.48. The van der Waals surface area contributed by atoms with Crippen molar-refractivity contribution in [3.63, 3.8) is 0 Å². The van der Waals surface area contributed by atoms with E-state index in [1.165, 1.54) is 18.4 Å². The first-order valence-corrected chi connectivity index (χ1v) is 16.1. The highest BCUT2D eigenvalue weighted by molar-refractivity contribution is 7.88. The third-order valence-electron chi connectivity index (χ3n) is 8.67. The fourth-order valence-electron chi connectivity index (χ4n) is 6.00. The Hall–Kier alpha value is -3.75. The van der Waals surface area contributed by atoms with Crippen molar-refractivity contribution in [2.24, 2.45) is 10.4 Å². The Kier molecular flexibility index (Phi) is 7.89. The molecule has 1 aromatic carbocycles. The van der Waals surface area contributed by atoms with Crippen LogP contribution in [0.15, 0.2) is 47.1 Å². The topological polar surface area (TPSA) is 97.3 Å². The van der Waals surface area contributed by atoms with Gasteiger partial charge in [0, 0.05) is 50.4 Å². The number of fused-ring (bicyclic) bond motifs is 1. The number of allylic oxidation sites excluding steroid dienone is 1. The van der Waals surface area contributed by atoms with E-state index in [-0.39, 0.29) is 11.2 Å². The van der Waals surface area contributed by atoms with Crippen LogP contribution >= 0.6 is 0 Å². The summed E-state index contributed by atoms with van der Waals surface area (Å²) in [4.78, 5) is 14.2. The molecule has 2 aliphatic heterocycles. The van der Waals surface area contributed by atoms with Gasteiger partial charge in [-0.3, -0.25) is 4.40 Å². The van der Waals surface area contributed by atoms with Crippen molar-refractivity contribution < 1.29 is 12.8 Å². The molecule has 9 nitrogen and oxygen atoms in total. The number of nitrogens with zero attached hydrogens (tertiary/aromatic N) is 7. The number of hydrogen-bond donors (Lipinski definition) is 0. The summed E-state index contributed by atoms with van der Waals surface area (Å²) in [5.41, 5.74) is 5.67. The quantitative estimate of drug-likeness (QED) is 0.227. The Bertz CT molecular complexity index is 1720. The maximum Gasteiger partial charge on any atom is 0.211 e. The molecule has 0 saturated carbocycles. The lowest BCUT2D eigenvalue weighted by atomic mass is 9.73. The smallest absolute Gasteiger partial charge is 0.211 e. The van der Waals surface area contributed by atoms with Crippen LogP contribution in [0.4, 0.5) is 15.9 Å². The van der Waals surface area contributed by atoms with Gasteiger partial charge in [-0.25, -0.2) is 27.1 Å². The predicted molar refractivity (Wildman–Crippen MR) is 166 cm³/mol. The Balaban J connectivity index is 1.46. The highest BCUT2D eigenvalue weighted by atomic mass is 32.2. The van der Waals surface area contributed by atoms with Gasteiger partial charge in [-0.1, -0.05) is 6.92 Å². The van der Waals surface area contributed by atoms with Gasteiger partial charge in [0.25, 0.3) is 0 Å². The van der Waals surface area contributed by atoms with Crippen molar-refractivity contribution in [3.8, 4) is 6.07 Å². The molecule has 1 spiro atoms. The van der Waals surface area contributed by atoms with Crippen LogP contribution in [0, 0.1) is 29.5 Å². The minimum absolute atomic E-state index is 0.0827. The zero-order valence-corrected chi connectivity index (χ0v) is 26.0. The fraction of sp³-hybridized carbons (Fsp3) is 0.452. The summed E-state index contributed by atoms with van der Waals surface area (Å²) in [6.07, 6.45) is 6.05.